The van der Waals surface area contributed by atoms with Gasteiger partial charge in [-0.25, -0.2) is 0 Å². The minimum Gasteiger partial charge on any atom is -0.173 e. The first kappa shape index (κ1) is 79.7. The summed E-state index contributed by atoms with van der Waals surface area (Å²) < 4.78 is 9.56. The van der Waals surface area contributed by atoms with Gasteiger partial charge < -0.3 is 0 Å². The van der Waals surface area contributed by atoms with Crippen LogP contribution in [0.3, 0.4) is 0 Å². The zero-order chi connectivity index (χ0) is 78.5. The monoisotopic (exact) mass is 1520 g/mol. The summed E-state index contributed by atoms with van der Waals surface area (Å²) in [5, 5.41) is 0. The predicted molar refractivity (Wildman–Crippen MR) is 488 cm³/mol. The van der Waals surface area contributed by atoms with Crippen molar-refractivity contribution in [2.75, 3.05) is 0 Å². The minimum absolute atomic E-state index is 0.0103. The predicted octanol–water partition coefficient (Wildman–Crippen LogP) is 32.9. The van der Waals surface area contributed by atoms with Gasteiger partial charge in [0.15, 0.2) is 0 Å². The van der Waals surface area contributed by atoms with Gasteiger partial charge in [0.05, 0.1) is 11.7 Å². The third-order valence-corrected chi connectivity index (χ3v) is 31.3. The van der Waals surface area contributed by atoms with E-state index in [1.807, 2.05) is 11.3 Å². The summed E-state index contributed by atoms with van der Waals surface area (Å²) in [6.07, 6.45) is 24.9. The Bertz CT molecular complexity index is 5170. The van der Waals surface area contributed by atoms with Crippen LogP contribution >= 0.6 is 23.1 Å². The quantitative estimate of drug-likeness (QED) is 0.0402. The van der Waals surface area contributed by atoms with Crippen LogP contribution in [-0.2, 0) is 21.7 Å². The average Bonchev–Trinajstić information content (AvgIpc) is 1.56. The van der Waals surface area contributed by atoms with Crippen LogP contribution in [0.2, 0.25) is 0 Å². The van der Waals surface area contributed by atoms with Crippen molar-refractivity contribution in [3.8, 4) is 98.8 Å². The van der Waals surface area contributed by atoms with E-state index < -0.39 is 0 Å². The standard InChI is InChI=1S/C108H130N2S2/c1-18-28-32-76(27-10)67-108(66-75(26-9)31-19-2)99-58-82(41-49-90(99)91-50-42-83(59-100(91)108)101-51-52-102(111-101)92-43-35-74(17)103-104(92)110-112-109-103)81-40-48-89-88-47-39-80(56-97(88)107(98(89)57-81,64-72(15)24-7)65-73(16)25-8)79-38-46-87-86-45-37-78(54-95(86)106(96(87)55-79,62-70(13)22-5)63-71(14)23-6)77-36-44-85-84-33-29-30-34-93(84)105(94(85)53-77,60-68(11)20-3)61-69(12)21-4/h29-30,33-59,68-73,75-76H,18-28,31-32,60-67H2,1-17H3. The molecule has 9 aromatic carbocycles. The molecular formula is C108H130N2S2. The zero-order valence-electron chi connectivity index (χ0n) is 71.4. The molecule has 4 aliphatic carbocycles. The maximum absolute atomic E-state index is 4.84. The number of nitrogens with zero attached hydrogens (tertiary/aromatic N) is 2. The lowest BCUT2D eigenvalue weighted by atomic mass is 9.64. The molecule has 4 aliphatic rings. The summed E-state index contributed by atoms with van der Waals surface area (Å²) >= 11 is 3.23. The van der Waals surface area contributed by atoms with Crippen LogP contribution in [0.5, 0.6) is 0 Å². The number of fused-ring (bicyclic) bond motifs is 13. The van der Waals surface area contributed by atoms with Crippen LogP contribution in [0.4, 0.5) is 0 Å². The lowest BCUT2D eigenvalue weighted by Gasteiger charge is -2.39. The molecule has 0 amide bonds. The molecule has 0 aliphatic heterocycles. The van der Waals surface area contributed by atoms with E-state index >= 15 is 0 Å². The normalized spacial score (nSPS) is 20.4. The van der Waals surface area contributed by atoms with Crippen LogP contribution in [0, 0.1) is 54.3 Å². The van der Waals surface area contributed by atoms with E-state index in [9.17, 15) is 0 Å². The fourth-order valence-corrected chi connectivity index (χ4v) is 24.0. The second kappa shape index (κ2) is 33.0. The first-order valence-corrected chi connectivity index (χ1v) is 46.3. The molecule has 4 heteroatoms. The van der Waals surface area contributed by atoms with E-state index in [1.54, 1.807) is 44.5 Å². The van der Waals surface area contributed by atoms with Crippen LogP contribution in [0.15, 0.2) is 176 Å². The van der Waals surface area contributed by atoms with Crippen molar-refractivity contribution in [3.63, 3.8) is 0 Å². The maximum atomic E-state index is 4.84. The molecule has 9 unspecified atom stereocenters. The molecule has 2 aromatic heterocycles. The van der Waals surface area contributed by atoms with E-state index in [0.717, 1.165) is 62.4 Å². The molecule has 0 saturated carbocycles. The van der Waals surface area contributed by atoms with Crippen molar-refractivity contribution < 1.29 is 0 Å². The van der Waals surface area contributed by atoms with E-state index in [-0.39, 0.29) is 21.7 Å². The van der Waals surface area contributed by atoms with Gasteiger partial charge in [0, 0.05) is 37.0 Å². The molecule has 2 heterocycles. The molecule has 0 radical (unpaired) electrons. The zero-order valence-corrected chi connectivity index (χ0v) is 73.1. The molecule has 0 saturated heterocycles. The highest BCUT2D eigenvalue weighted by Gasteiger charge is 2.50. The second-order valence-electron chi connectivity index (χ2n) is 36.9. The van der Waals surface area contributed by atoms with Crippen molar-refractivity contribution in [3.05, 3.63) is 226 Å². The Kier molecular flexibility index (Phi) is 23.5. The highest BCUT2D eigenvalue weighted by Crippen LogP contribution is 2.63. The number of benzene rings is 9. The van der Waals surface area contributed by atoms with Crippen molar-refractivity contribution in [1.82, 2.24) is 8.75 Å². The summed E-state index contributed by atoms with van der Waals surface area (Å²) in [7, 11) is 0. The highest BCUT2D eigenvalue weighted by molar-refractivity contribution is 7.19. The molecule has 584 valence electrons. The molecule has 2 nitrogen and oxygen atoms in total. The van der Waals surface area contributed by atoms with Gasteiger partial charge in [0.25, 0.3) is 0 Å². The first-order chi connectivity index (χ1) is 54.3. The molecule has 15 rings (SSSR count). The van der Waals surface area contributed by atoms with Gasteiger partial charge in [-0.3, -0.25) is 0 Å². The van der Waals surface area contributed by atoms with Gasteiger partial charge in [0.2, 0.25) is 0 Å². The Morgan fingerprint density at radius 2 is 0.580 bits per heavy atom. The topological polar surface area (TPSA) is 25.8 Å². The molecule has 0 N–H and O–H groups in total. The molecule has 0 fully saturated rings. The molecule has 9 atom stereocenters. The van der Waals surface area contributed by atoms with Crippen LogP contribution in [-0.4, -0.2) is 8.75 Å². The van der Waals surface area contributed by atoms with E-state index in [4.69, 9.17) is 8.75 Å². The summed E-state index contributed by atoms with van der Waals surface area (Å²) in [6.45, 7) is 41.6. The van der Waals surface area contributed by atoms with Gasteiger partial charge >= 0.3 is 0 Å². The Hall–Kier alpha value is -7.50. The largest absolute Gasteiger partial charge is 0.173 e. The van der Waals surface area contributed by atoms with E-state index in [1.165, 1.54) is 200 Å². The van der Waals surface area contributed by atoms with Gasteiger partial charge in [-0.1, -0.05) is 316 Å². The molecule has 11 aromatic rings. The Morgan fingerprint density at radius 3 is 0.938 bits per heavy atom. The number of unbranched alkanes of at least 4 members (excludes halogenated alkanes) is 1. The minimum atomic E-state index is -0.163. The first-order valence-electron chi connectivity index (χ1n) is 44.7. The van der Waals surface area contributed by atoms with Gasteiger partial charge in [-0.2, -0.15) is 8.75 Å². The van der Waals surface area contributed by atoms with Crippen LogP contribution < -0.4 is 0 Å². The number of thiophene rings is 1. The van der Waals surface area contributed by atoms with Gasteiger partial charge in [-0.05, 0) is 294 Å². The fourth-order valence-electron chi connectivity index (χ4n) is 22.3. The lowest BCUT2D eigenvalue weighted by Crippen LogP contribution is -2.31. The molecule has 0 spiro atoms. The number of hydrogen-bond donors (Lipinski definition) is 0. The van der Waals surface area contributed by atoms with Crippen molar-refractivity contribution in [2.45, 2.75) is 274 Å². The number of aryl methyl sites for hydroxylation is 1. The Labute approximate surface area is 684 Å². The summed E-state index contributed by atoms with van der Waals surface area (Å²) in [5.74, 6) is 4.67. The van der Waals surface area contributed by atoms with Crippen molar-refractivity contribution in [1.29, 1.82) is 0 Å². The SMILES string of the molecule is CCCCC(CC)CC1(CC(CC)CCC)c2cc(-c3ccc4c(c3)C(CC(C)CC)(CC(C)CC)c3cc(-c5ccc6c(c5)C(CC(C)CC)(CC(C)CC)c5cc(-c7ccc8c(c7)C(CC(C)CC)(CC(C)CC)c7ccccc7-8)ccc5-6)ccc3-4)ccc2-c2ccc(-c3ccc(-c4ccc(C)c5nsnc45)s3)cc21. The number of aromatic nitrogens is 2. The van der Waals surface area contributed by atoms with Crippen molar-refractivity contribution >= 4 is 34.1 Å². The third kappa shape index (κ3) is 14.1. The summed E-state index contributed by atoms with van der Waals surface area (Å²) in [4.78, 5) is 2.58. The number of rotatable bonds is 34. The van der Waals surface area contributed by atoms with Gasteiger partial charge in [-0.15, -0.1) is 11.3 Å². The maximum Gasteiger partial charge on any atom is 0.113 e. The molecule has 0 bridgehead atoms. The van der Waals surface area contributed by atoms with Crippen molar-refractivity contribution in [2.24, 2.45) is 47.3 Å². The fraction of sp³-hybridized carbons (Fsp3) is 0.463. The Balaban J connectivity index is 0.841. The molecule has 112 heavy (non-hydrogen) atoms. The van der Waals surface area contributed by atoms with E-state index in [0.29, 0.717) is 47.3 Å². The highest BCUT2D eigenvalue weighted by atomic mass is 32.1. The smallest absolute Gasteiger partial charge is 0.113 e. The number of hydrogen-bond acceptors (Lipinski definition) is 4. The lowest BCUT2D eigenvalue weighted by molar-refractivity contribution is 0.267. The van der Waals surface area contributed by atoms with Crippen LogP contribution in [0.25, 0.3) is 110 Å². The van der Waals surface area contributed by atoms with Gasteiger partial charge in [0.1, 0.15) is 11.0 Å². The third-order valence-electron chi connectivity index (χ3n) is 29.6. The second-order valence-corrected chi connectivity index (χ2v) is 38.6. The van der Waals surface area contributed by atoms with E-state index in [2.05, 4.69) is 294 Å². The van der Waals surface area contributed by atoms with Crippen LogP contribution in [0.1, 0.15) is 296 Å². The average molecular weight is 1520 g/mol. The molecular weight excluding hydrogens is 1390 g/mol. The summed E-state index contributed by atoms with van der Waals surface area (Å²) in [5.41, 5.74) is 37.5. The summed E-state index contributed by atoms with van der Waals surface area (Å²) in [6, 6.07) is 73.1. The Morgan fingerprint density at radius 1 is 0.277 bits per heavy atom.